The highest BCUT2D eigenvalue weighted by molar-refractivity contribution is 5.33. The van der Waals surface area contributed by atoms with Gasteiger partial charge in [0.1, 0.15) is 0 Å². The van der Waals surface area contributed by atoms with Gasteiger partial charge in [-0.25, -0.2) is 0 Å². The van der Waals surface area contributed by atoms with Gasteiger partial charge in [0.15, 0.2) is 0 Å². The van der Waals surface area contributed by atoms with Crippen molar-refractivity contribution < 1.29 is 31.1 Å². The van der Waals surface area contributed by atoms with Crippen LogP contribution in [0, 0.1) is 0 Å². The molecule has 8 heteroatoms. The second-order valence-electron chi connectivity index (χ2n) is 8.72. The minimum Gasteiger partial charge on any atom is -0.372 e. The summed E-state index contributed by atoms with van der Waals surface area (Å²) in [5.74, 6) is 0. The highest BCUT2D eigenvalue weighted by Crippen LogP contribution is 2.38. The van der Waals surface area contributed by atoms with Crippen molar-refractivity contribution >= 4 is 0 Å². The lowest BCUT2D eigenvalue weighted by Gasteiger charge is -2.41. The van der Waals surface area contributed by atoms with Gasteiger partial charge >= 0.3 is 12.4 Å². The van der Waals surface area contributed by atoms with Gasteiger partial charge in [-0.2, -0.15) is 26.3 Å². The van der Waals surface area contributed by atoms with Crippen molar-refractivity contribution in [2.45, 2.75) is 50.5 Å². The van der Waals surface area contributed by atoms with Crippen molar-refractivity contribution in [3.63, 3.8) is 0 Å². The maximum Gasteiger partial charge on any atom is 0.416 e. The van der Waals surface area contributed by atoms with Gasteiger partial charge in [-0.3, -0.25) is 4.90 Å². The molecule has 0 unspecified atom stereocenters. The van der Waals surface area contributed by atoms with E-state index in [4.69, 9.17) is 4.74 Å². The molecule has 186 valence electrons. The van der Waals surface area contributed by atoms with Crippen LogP contribution in [-0.4, -0.2) is 17.5 Å². The van der Waals surface area contributed by atoms with Crippen molar-refractivity contribution in [3.05, 3.63) is 107 Å². The SMILES string of the molecule is FC(F)(F)c1cc(CO[C@H]2CCCN(Cc3ccccc3)[C@H]2c2ccccc2)cc(C(F)(F)F)c1. The summed E-state index contributed by atoms with van der Waals surface area (Å²) in [4.78, 5) is 2.26. The Hall–Kier alpha value is -2.84. The van der Waals surface area contributed by atoms with E-state index in [1.807, 2.05) is 60.7 Å². The summed E-state index contributed by atoms with van der Waals surface area (Å²) in [7, 11) is 0. The fourth-order valence-electron chi connectivity index (χ4n) is 4.58. The lowest BCUT2D eigenvalue weighted by molar-refractivity contribution is -0.143. The van der Waals surface area contributed by atoms with Crippen LogP contribution in [0.1, 0.15) is 46.7 Å². The molecule has 0 aromatic heterocycles. The van der Waals surface area contributed by atoms with Gasteiger partial charge in [-0.05, 0) is 54.3 Å². The third-order valence-electron chi connectivity index (χ3n) is 6.16. The van der Waals surface area contributed by atoms with Crippen molar-refractivity contribution in [1.29, 1.82) is 0 Å². The van der Waals surface area contributed by atoms with Crippen LogP contribution in [0.2, 0.25) is 0 Å². The molecule has 0 saturated carbocycles. The molecule has 0 aliphatic carbocycles. The zero-order valence-corrected chi connectivity index (χ0v) is 18.8. The molecule has 1 aliphatic heterocycles. The summed E-state index contributed by atoms with van der Waals surface area (Å²) >= 11 is 0. The normalized spacial score (nSPS) is 19.6. The fourth-order valence-corrected chi connectivity index (χ4v) is 4.58. The third kappa shape index (κ3) is 6.44. The third-order valence-corrected chi connectivity index (χ3v) is 6.16. The second-order valence-corrected chi connectivity index (χ2v) is 8.72. The zero-order chi connectivity index (χ0) is 25.1. The number of likely N-dealkylation sites (tertiary alicyclic amines) is 1. The number of ether oxygens (including phenoxy) is 1. The number of piperidine rings is 1. The van der Waals surface area contributed by atoms with E-state index < -0.39 is 29.6 Å². The molecule has 1 fully saturated rings. The number of hydrogen-bond acceptors (Lipinski definition) is 2. The first-order chi connectivity index (χ1) is 16.6. The molecule has 0 bridgehead atoms. The van der Waals surface area contributed by atoms with E-state index in [9.17, 15) is 26.3 Å². The van der Waals surface area contributed by atoms with Crippen LogP contribution < -0.4 is 0 Å². The molecule has 0 amide bonds. The van der Waals surface area contributed by atoms with Crippen LogP contribution in [-0.2, 0) is 30.2 Å². The Labute approximate surface area is 200 Å². The van der Waals surface area contributed by atoms with Gasteiger partial charge in [0.05, 0.1) is 29.9 Å². The minimum absolute atomic E-state index is 0.137. The van der Waals surface area contributed by atoms with Gasteiger partial charge < -0.3 is 4.74 Å². The molecule has 0 N–H and O–H groups in total. The molecule has 3 aromatic rings. The first-order valence-corrected chi connectivity index (χ1v) is 11.3. The molecule has 35 heavy (non-hydrogen) atoms. The van der Waals surface area contributed by atoms with Crippen molar-refractivity contribution in [2.75, 3.05) is 6.54 Å². The Balaban J connectivity index is 1.60. The van der Waals surface area contributed by atoms with E-state index in [1.165, 1.54) is 0 Å². The quantitative estimate of drug-likeness (QED) is 0.327. The maximum absolute atomic E-state index is 13.3. The monoisotopic (exact) mass is 493 g/mol. The Morgan fingerprint density at radius 1 is 0.743 bits per heavy atom. The molecule has 2 nitrogen and oxygen atoms in total. The largest absolute Gasteiger partial charge is 0.416 e. The standard InChI is InChI=1S/C27H25F6NO/c28-26(29,30)22-14-20(15-23(16-22)27(31,32)33)18-35-24-12-7-13-34(17-19-8-3-1-4-9-19)25(24)21-10-5-2-6-11-21/h1-6,8-11,14-16,24-25H,7,12-13,17-18H2/t24-,25-/m0/s1. The Kier molecular flexibility index (Phi) is 7.52. The fraction of sp³-hybridized carbons (Fsp3) is 0.333. The smallest absolute Gasteiger partial charge is 0.372 e. The average molecular weight is 493 g/mol. The molecule has 1 aliphatic rings. The van der Waals surface area contributed by atoms with E-state index in [-0.39, 0.29) is 24.3 Å². The number of benzene rings is 3. The molecule has 1 heterocycles. The Morgan fingerprint density at radius 3 is 1.89 bits per heavy atom. The Bertz CT molecular complexity index is 1070. The van der Waals surface area contributed by atoms with Crippen LogP contribution in [0.4, 0.5) is 26.3 Å². The predicted octanol–water partition coefficient (Wildman–Crippen LogP) is 7.65. The van der Waals surface area contributed by atoms with Gasteiger partial charge in [-0.1, -0.05) is 60.7 Å². The van der Waals surface area contributed by atoms with Crippen LogP contribution in [0.15, 0.2) is 78.9 Å². The van der Waals surface area contributed by atoms with Gasteiger partial charge in [-0.15, -0.1) is 0 Å². The van der Waals surface area contributed by atoms with Gasteiger partial charge in [0, 0.05) is 6.54 Å². The van der Waals surface area contributed by atoms with Crippen LogP contribution in [0.25, 0.3) is 0 Å². The number of halogens is 6. The van der Waals surface area contributed by atoms with E-state index >= 15 is 0 Å². The highest BCUT2D eigenvalue weighted by Gasteiger charge is 2.37. The van der Waals surface area contributed by atoms with E-state index in [0.29, 0.717) is 13.0 Å². The lowest BCUT2D eigenvalue weighted by atomic mass is 9.91. The molecular formula is C27H25F6NO. The van der Waals surface area contributed by atoms with E-state index in [0.717, 1.165) is 36.2 Å². The summed E-state index contributed by atoms with van der Waals surface area (Å²) in [6, 6.07) is 21.0. The highest BCUT2D eigenvalue weighted by atomic mass is 19.4. The van der Waals surface area contributed by atoms with Crippen LogP contribution in [0.3, 0.4) is 0 Å². The topological polar surface area (TPSA) is 12.5 Å². The summed E-state index contributed by atoms with van der Waals surface area (Å²) in [5.41, 5.74) is -0.714. The van der Waals surface area contributed by atoms with Crippen molar-refractivity contribution in [1.82, 2.24) is 4.90 Å². The molecule has 0 radical (unpaired) electrons. The maximum atomic E-state index is 13.3. The van der Waals surface area contributed by atoms with E-state index in [1.54, 1.807) is 0 Å². The van der Waals surface area contributed by atoms with E-state index in [2.05, 4.69) is 4.90 Å². The lowest BCUT2D eigenvalue weighted by Crippen LogP contribution is -2.42. The zero-order valence-electron chi connectivity index (χ0n) is 18.8. The van der Waals surface area contributed by atoms with Crippen molar-refractivity contribution in [3.8, 4) is 0 Å². The molecule has 0 spiro atoms. The van der Waals surface area contributed by atoms with Crippen molar-refractivity contribution in [2.24, 2.45) is 0 Å². The first-order valence-electron chi connectivity index (χ1n) is 11.3. The second kappa shape index (κ2) is 10.4. The first kappa shape index (κ1) is 25.3. The number of alkyl halides is 6. The summed E-state index contributed by atoms with van der Waals surface area (Å²) < 4.78 is 85.6. The predicted molar refractivity (Wildman–Crippen MR) is 120 cm³/mol. The average Bonchev–Trinajstić information content (AvgIpc) is 2.83. The minimum atomic E-state index is -4.89. The Morgan fingerprint density at radius 2 is 1.31 bits per heavy atom. The molecule has 2 atom stereocenters. The van der Waals surface area contributed by atoms with Gasteiger partial charge in [0.2, 0.25) is 0 Å². The summed E-state index contributed by atoms with van der Waals surface area (Å²) in [5, 5.41) is 0. The number of rotatable bonds is 6. The molecule has 1 saturated heterocycles. The summed E-state index contributed by atoms with van der Waals surface area (Å²) in [6.45, 7) is 1.11. The van der Waals surface area contributed by atoms with Crippen LogP contribution >= 0.6 is 0 Å². The summed E-state index contributed by atoms with van der Waals surface area (Å²) in [6.07, 6.45) is -8.72. The molecule has 3 aromatic carbocycles. The molecule has 4 rings (SSSR count). The van der Waals surface area contributed by atoms with Gasteiger partial charge in [0.25, 0.3) is 0 Å². The van der Waals surface area contributed by atoms with Crippen LogP contribution in [0.5, 0.6) is 0 Å². The molecular weight excluding hydrogens is 468 g/mol. The number of nitrogens with zero attached hydrogens (tertiary/aromatic N) is 1. The number of hydrogen-bond donors (Lipinski definition) is 0.